The molecule has 0 N–H and O–H groups in total. The second-order valence-electron chi connectivity index (χ2n) is 6.51. The summed E-state index contributed by atoms with van der Waals surface area (Å²) < 4.78 is 11.4. The van der Waals surface area contributed by atoms with Crippen molar-refractivity contribution in [1.82, 2.24) is 4.90 Å². The first-order valence-electron chi connectivity index (χ1n) is 8.53. The summed E-state index contributed by atoms with van der Waals surface area (Å²) in [5.41, 5.74) is 1.50. The van der Waals surface area contributed by atoms with Crippen molar-refractivity contribution >= 4 is 29.1 Å². The van der Waals surface area contributed by atoms with Crippen LogP contribution in [0.15, 0.2) is 42.5 Å². The number of anilines is 1. The zero-order valence-corrected chi connectivity index (χ0v) is 16.2. The number of ether oxygens (including phenoxy) is 2. The summed E-state index contributed by atoms with van der Waals surface area (Å²) in [7, 11) is 3.31. The van der Waals surface area contributed by atoms with Crippen molar-refractivity contribution in [3.8, 4) is 11.5 Å². The normalized spacial score (nSPS) is 15.6. The topological polar surface area (TPSA) is 59.1 Å². The van der Waals surface area contributed by atoms with E-state index in [-0.39, 0.29) is 25.0 Å². The van der Waals surface area contributed by atoms with Crippen molar-refractivity contribution in [1.29, 1.82) is 0 Å². The van der Waals surface area contributed by atoms with Gasteiger partial charge >= 0.3 is 0 Å². The summed E-state index contributed by atoms with van der Waals surface area (Å²) >= 11 is 6.01. The van der Waals surface area contributed by atoms with Gasteiger partial charge in [0.15, 0.2) is 12.7 Å². The molecule has 27 heavy (non-hydrogen) atoms. The van der Waals surface area contributed by atoms with Crippen molar-refractivity contribution in [2.45, 2.75) is 13.0 Å². The molecule has 3 rings (SSSR count). The molecule has 0 unspecified atom stereocenters. The molecule has 0 bridgehead atoms. The third-order valence-electron chi connectivity index (χ3n) is 4.28. The lowest BCUT2D eigenvalue weighted by Crippen LogP contribution is -2.51. The minimum Gasteiger partial charge on any atom is -0.484 e. The Bertz CT molecular complexity index is 869. The minimum absolute atomic E-state index is 0.135. The second kappa shape index (κ2) is 7.88. The average Bonchev–Trinajstić information content (AvgIpc) is 2.67. The van der Waals surface area contributed by atoms with Gasteiger partial charge in [0.1, 0.15) is 11.5 Å². The largest absolute Gasteiger partial charge is 0.484 e. The Hall–Kier alpha value is -2.73. The Kier molecular flexibility index (Phi) is 5.56. The first-order chi connectivity index (χ1) is 12.9. The quantitative estimate of drug-likeness (QED) is 0.808. The highest BCUT2D eigenvalue weighted by Crippen LogP contribution is 2.33. The minimum atomic E-state index is -0.753. The Morgan fingerprint density at radius 1 is 1.26 bits per heavy atom. The zero-order chi connectivity index (χ0) is 19.6. The van der Waals surface area contributed by atoms with Crippen molar-refractivity contribution in [2.24, 2.45) is 0 Å². The molecule has 142 valence electrons. The van der Waals surface area contributed by atoms with E-state index < -0.39 is 6.10 Å². The fourth-order valence-corrected chi connectivity index (χ4v) is 2.93. The summed E-state index contributed by atoms with van der Waals surface area (Å²) in [5, 5.41) is 0.640. The number of likely N-dealkylation sites (N-methyl/N-ethyl adjacent to an activating group) is 1. The molecule has 2 aromatic carbocycles. The van der Waals surface area contributed by atoms with E-state index in [4.69, 9.17) is 21.1 Å². The number of nitrogens with zero attached hydrogens (tertiary/aromatic N) is 2. The van der Waals surface area contributed by atoms with E-state index >= 15 is 0 Å². The molecule has 2 amide bonds. The van der Waals surface area contributed by atoms with Crippen LogP contribution in [0.25, 0.3) is 0 Å². The summed E-state index contributed by atoms with van der Waals surface area (Å²) in [4.78, 5) is 28.2. The van der Waals surface area contributed by atoms with Gasteiger partial charge in [0, 0.05) is 19.1 Å². The Balaban J connectivity index is 1.77. The zero-order valence-electron chi connectivity index (χ0n) is 15.4. The van der Waals surface area contributed by atoms with E-state index in [0.717, 1.165) is 5.56 Å². The third kappa shape index (κ3) is 4.17. The molecule has 1 aliphatic rings. The van der Waals surface area contributed by atoms with Gasteiger partial charge in [0.05, 0.1) is 12.2 Å². The van der Waals surface area contributed by atoms with Crippen molar-refractivity contribution in [3.63, 3.8) is 0 Å². The van der Waals surface area contributed by atoms with Crippen LogP contribution in [0.2, 0.25) is 5.02 Å². The highest BCUT2D eigenvalue weighted by Gasteiger charge is 2.34. The second-order valence-corrected chi connectivity index (χ2v) is 6.92. The number of para-hydroxylation sites is 2. The van der Waals surface area contributed by atoms with Gasteiger partial charge in [-0.1, -0.05) is 23.7 Å². The fraction of sp³-hybridized carbons (Fsp3) is 0.300. The molecule has 7 heteroatoms. The molecule has 0 spiro atoms. The van der Waals surface area contributed by atoms with Crippen molar-refractivity contribution in [2.75, 3.05) is 32.1 Å². The average molecular weight is 389 g/mol. The molecule has 0 fully saturated rings. The van der Waals surface area contributed by atoms with E-state index in [9.17, 15) is 9.59 Å². The summed E-state index contributed by atoms with van der Waals surface area (Å²) in [6.45, 7) is 1.85. The first kappa shape index (κ1) is 19.0. The number of halogens is 1. The van der Waals surface area contributed by atoms with Crippen LogP contribution in [0.3, 0.4) is 0 Å². The van der Waals surface area contributed by atoms with Gasteiger partial charge in [0.2, 0.25) is 0 Å². The number of fused-ring (bicyclic) bond motifs is 1. The van der Waals surface area contributed by atoms with Crippen LogP contribution in [0.5, 0.6) is 11.5 Å². The van der Waals surface area contributed by atoms with E-state index in [1.54, 1.807) is 50.5 Å². The molecule has 0 saturated carbocycles. The van der Waals surface area contributed by atoms with Crippen LogP contribution in [0.1, 0.15) is 5.56 Å². The van der Waals surface area contributed by atoms with E-state index in [1.165, 1.54) is 9.80 Å². The number of benzene rings is 2. The van der Waals surface area contributed by atoms with E-state index in [1.807, 2.05) is 13.0 Å². The number of aryl methyl sites for hydroxylation is 1. The van der Waals surface area contributed by atoms with Gasteiger partial charge in [-0.05, 0) is 42.8 Å². The molecule has 6 nitrogen and oxygen atoms in total. The first-order valence-corrected chi connectivity index (χ1v) is 8.91. The maximum Gasteiger partial charge on any atom is 0.265 e. The van der Waals surface area contributed by atoms with E-state index in [0.29, 0.717) is 22.2 Å². The van der Waals surface area contributed by atoms with Gasteiger partial charge in [-0.15, -0.1) is 0 Å². The summed E-state index contributed by atoms with van der Waals surface area (Å²) in [6.07, 6.45) is -0.753. The Labute approximate surface area is 163 Å². The number of rotatable bonds is 4. The lowest BCUT2D eigenvalue weighted by atomic mass is 10.1. The van der Waals surface area contributed by atoms with Crippen LogP contribution in [0, 0.1) is 6.92 Å². The number of hydrogen-bond donors (Lipinski definition) is 0. The van der Waals surface area contributed by atoms with Crippen LogP contribution in [-0.4, -0.2) is 50.1 Å². The van der Waals surface area contributed by atoms with Gasteiger partial charge in [-0.3, -0.25) is 9.59 Å². The van der Waals surface area contributed by atoms with Crippen molar-refractivity contribution in [3.05, 3.63) is 53.1 Å². The van der Waals surface area contributed by atoms with Crippen LogP contribution in [-0.2, 0) is 9.59 Å². The van der Waals surface area contributed by atoms with Gasteiger partial charge in [-0.2, -0.15) is 0 Å². The molecular weight excluding hydrogens is 368 g/mol. The lowest BCUT2D eigenvalue weighted by Gasteiger charge is -2.35. The number of hydrogen-bond acceptors (Lipinski definition) is 4. The molecule has 1 heterocycles. The highest BCUT2D eigenvalue weighted by atomic mass is 35.5. The monoisotopic (exact) mass is 388 g/mol. The highest BCUT2D eigenvalue weighted by molar-refractivity contribution is 6.31. The third-order valence-corrected chi connectivity index (χ3v) is 4.71. The maximum absolute atomic E-state index is 12.8. The van der Waals surface area contributed by atoms with Crippen LogP contribution < -0.4 is 14.4 Å². The number of carbonyl (C=O) groups is 2. The molecule has 1 atom stereocenters. The van der Waals surface area contributed by atoms with Gasteiger partial charge < -0.3 is 19.3 Å². The fourth-order valence-electron chi connectivity index (χ4n) is 2.82. The molecule has 0 radical (unpaired) electrons. The van der Waals surface area contributed by atoms with E-state index in [2.05, 4.69) is 0 Å². The summed E-state index contributed by atoms with van der Waals surface area (Å²) in [5.74, 6) is 0.610. The lowest BCUT2D eigenvalue weighted by molar-refractivity contribution is -0.136. The predicted octanol–water partition coefficient (Wildman–Crippen LogP) is 2.91. The smallest absolute Gasteiger partial charge is 0.265 e. The predicted molar refractivity (Wildman–Crippen MR) is 104 cm³/mol. The van der Waals surface area contributed by atoms with Gasteiger partial charge in [0.25, 0.3) is 11.8 Å². The standard InChI is InChI=1S/C20H21ClN2O4/c1-13-10-14(8-9-15(13)21)26-12-19(24)23-11-18(20(25)22(2)3)27-17-7-5-4-6-16(17)23/h4-10,18H,11-12H2,1-3H3/t18-/m1/s1. The molecule has 0 aromatic heterocycles. The van der Waals surface area contributed by atoms with Crippen LogP contribution >= 0.6 is 11.6 Å². The Morgan fingerprint density at radius 3 is 2.70 bits per heavy atom. The number of carbonyl (C=O) groups excluding carboxylic acids is 2. The molecule has 1 aliphatic heterocycles. The van der Waals surface area contributed by atoms with Gasteiger partial charge in [-0.25, -0.2) is 0 Å². The molecule has 0 saturated heterocycles. The van der Waals surface area contributed by atoms with Crippen molar-refractivity contribution < 1.29 is 19.1 Å². The SMILES string of the molecule is Cc1cc(OCC(=O)N2C[C@H](C(=O)N(C)C)Oc3ccccc32)ccc1Cl. The summed E-state index contributed by atoms with van der Waals surface area (Å²) in [6, 6.07) is 12.4. The molecule has 0 aliphatic carbocycles. The molecular formula is C20H21ClN2O4. The van der Waals surface area contributed by atoms with Crippen LogP contribution in [0.4, 0.5) is 5.69 Å². The number of amides is 2. The Morgan fingerprint density at radius 2 is 2.00 bits per heavy atom. The maximum atomic E-state index is 12.8. The molecule has 2 aromatic rings.